The zero-order valence-electron chi connectivity index (χ0n) is 9.80. The second-order valence-electron chi connectivity index (χ2n) is 4.62. The molecule has 0 heterocycles. The third kappa shape index (κ3) is 2.95. The topological polar surface area (TPSA) is 46.5 Å². The highest BCUT2D eigenvalue weighted by Gasteiger charge is 2.21. The van der Waals surface area contributed by atoms with Gasteiger partial charge in [-0.25, -0.2) is 9.18 Å². The molecule has 0 atom stereocenters. The van der Waals surface area contributed by atoms with E-state index in [9.17, 15) is 14.3 Å². The Labute approximate surface area is 93.9 Å². The summed E-state index contributed by atoms with van der Waals surface area (Å²) in [7, 11) is 0. The average Bonchev–Trinajstić information content (AvgIpc) is 2.08. The Morgan fingerprint density at radius 2 is 1.94 bits per heavy atom. The maximum absolute atomic E-state index is 13.1. The van der Waals surface area contributed by atoms with E-state index in [4.69, 9.17) is 4.74 Å². The van der Waals surface area contributed by atoms with Gasteiger partial charge in [0, 0.05) is 0 Å². The van der Waals surface area contributed by atoms with Crippen molar-refractivity contribution in [3.8, 4) is 5.75 Å². The average molecular weight is 226 g/mol. The summed E-state index contributed by atoms with van der Waals surface area (Å²) in [6.45, 7) is 6.63. The highest BCUT2D eigenvalue weighted by atomic mass is 19.1. The molecule has 1 aromatic carbocycles. The van der Waals surface area contributed by atoms with Crippen LogP contribution < -0.4 is 0 Å². The van der Waals surface area contributed by atoms with Crippen LogP contribution in [0.5, 0.6) is 5.75 Å². The molecule has 88 valence electrons. The first-order valence-electron chi connectivity index (χ1n) is 4.93. The molecule has 0 saturated heterocycles. The lowest BCUT2D eigenvalue weighted by molar-refractivity contribution is 0.00661. The second kappa shape index (κ2) is 4.12. The van der Waals surface area contributed by atoms with Gasteiger partial charge in [0.25, 0.3) is 0 Å². The summed E-state index contributed by atoms with van der Waals surface area (Å²) in [5, 5.41) is 9.62. The summed E-state index contributed by atoms with van der Waals surface area (Å²) in [6.07, 6.45) is 0. The van der Waals surface area contributed by atoms with Crippen molar-refractivity contribution in [3.63, 3.8) is 0 Å². The van der Waals surface area contributed by atoms with Crippen LogP contribution in [0.1, 0.15) is 36.7 Å². The van der Waals surface area contributed by atoms with Gasteiger partial charge in [0.1, 0.15) is 22.7 Å². The van der Waals surface area contributed by atoms with Crippen LogP contribution in [-0.4, -0.2) is 16.7 Å². The van der Waals surface area contributed by atoms with Crippen LogP contribution in [0.2, 0.25) is 0 Å². The third-order valence-corrected chi connectivity index (χ3v) is 1.88. The predicted octanol–water partition coefficient (Wildman–Crippen LogP) is 2.80. The number of aryl methyl sites for hydroxylation is 1. The molecule has 0 aliphatic carbocycles. The van der Waals surface area contributed by atoms with E-state index >= 15 is 0 Å². The standard InChI is InChI=1S/C12H15FO3/c1-7-5-8(13)6-9(10(7)14)11(15)16-12(2,3)4/h5-6,14H,1-4H3. The fourth-order valence-electron chi connectivity index (χ4n) is 1.22. The smallest absolute Gasteiger partial charge is 0.342 e. The maximum Gasteiger partial charge on any atom is 0.342 e. The zero-order chi connectivity index (χ0) is 12.5. The molecular formula is C12H15FO3. The lowest BCUT2D eigenvalue weighted by Gasteiger charge is -2.20. The first kappa shape index (κ1) is 12.5. The largest absolute Gasteiger partial charge is 0.507 e. The molecule has 1 rings (SSSR count). The molecule has 0 aromatic heterocycles. The number of halogens is 1. The molecule has 1 N–H and O–H groups in total. The second-order valence-corrected chi connectivity index (χ2v) is 4.62. The molecule has 0 aliphatic rings. The normalized spacial score (nSPS) is 11.3. The number of ether oxygens (including phenoxy) is 1. The van der Waals surface area contributed by atoms with Gasteiger partial charge in [0.05, 0.1) is 0 Å². The van der Waals surface area contributed by atoms with Gasteiger partial charge in [-0.2, -0.15) is 0 Å². The van der Waals surface area contributed by atoms with E-state index in [2.05, 4.69) is 0 Å². The van der Waals surface area contributed by atoms with Gasteiger partial charge >= 0.3 is 5.97 Å². The number of esters is 1. The first-order valence-corrected chi connectivity index (χ1v) is 4.93. The first-order chi connectivity index (χ1) is 7.20. The Morgan fingerprint density at radius 1 is 1.38 bits per heavy atom. The number of hydrogen-bond acceptors (Lipinski definition) is 3. The van der Waals surface area contributed by atoms with E-state index in [1.165, 1.54) is 6.92 Å². The Balaban J connectivity index is 3.09. The monoisotopic (exact) mass is 226 g/mol. The number of phenolic OH excluding ortho intramolecular Hbond substituents is 1. The molecule has 0 radical (unpaired) electrons. The summed E-state index contributed by atoms with van der Waals surface area (Å²) in [5.74, 6) is -1.54. The minimum absolute atomic E-state index is 0.146. The van der Waals surface area contributed by atoms with E-state index in [1.54, 1.807) is 20.8 Å². The Hall–Kier alpha value is -1.58. The SMILES string of the molecule is Cc1cc(F)cc(C(=O)OC(C)(C)C)c1O. The molecule has 0 unspecified atom stereocenters. The minimum Gasteiger partial charge on any atom is -0.507 e. The van der Waals surface area contributed by atoms with Crippen LogP contribution in [0, 0.1) is 12.7 Å². The van der Waals surface area contributed by atoms with Crippen LogP contribution in [-0.2, 0) is 4.74 Å². The molecule has 0 saturated carbocycles. The van der Waals surface area contributed by atoms with E-state index < -0.39 is 17.4 Å². The van der Waals surface area contributed by atoms with E-state index in [-0.39, 0.29) is 11.3 Å². The number of hydrogen-bond donors (Lipinski definition) is 1. The van der Waals surface area contributed by atoms with Crippen LogP contribution in [0.3, 0.4) is 0 Å². The fraction of sp³-hybridized carbons (Fsp3) is 0.417. The summed E-state index contributed by atoms with van der Waals surface area (Å²) in [5.41, 5.74) is -0.516. The van der Waals surface area contributed by atoms with Crippen molar-refractivity contribution in [1.82, 2.24) is 0 Å². The van der Waals surface area contributed by atoms with Gasteiger partial charge in [-0.3, -0.25) is 0 Å². The van der Waals surface area contributed by atoms with Crippen LogP contribution >= 0.6 is 0 Å². The van der Waals surface area contributed by atoms with Crippen LogP contribution in [0.4, 0.5) is 4.39 Å². The molecule has 0 bridgehead atoms. The molecule has 0 amide bonds. The van der Waals surface area contributed by atoms with Crippen molar-refractivity contribution in [2.24, 2.45) is 0 Å². The van der Waals surface area contributed by atoms with Crippen molar-refractivity contribution < 1.29 is 19.0 Å². The van der Waals surface area contributed by atoms with Gasteiger partial charge < -0.3 is 9.84 Å². The fourth-order valence-corrected chi connectivity index (χ4v) is 1.22. The summed E-state index contributed by atoms with van der Waals surface area (Å²) < 4.78 is 18.1. The number of carbonyl (C=O) groups excluding carboxylic acids is 1. The van der Waals surface area contributed by atoms with Crippen molar-refractivity contribution in [2.45, 2.75) is 33.3 Å². The number of rotatable bonds is 1. The summed E-state index contributed by atoms with van der Waals surface area (Å²) >= 11 is 0. The Morgan fingerprint density at radius 3 is 2.44 bits per heavy atom. The molecule has 4 heteroatoms. The van der Waals surface area contributed by atoms with Crippen LogP contribution in [0.15, 0.2) is 12.1 Å². The molecule has 16 heavy (non-hydrogen) atoms. The minimum atomic E-state index is -0.729. The van der Waals surface area contributed by atoms with Gasteiger partial charge in [0.2, 0.25) is 0 Å². The lowest BCUT2D eigenvalue weighted by Crippen LogP contribution is -2.24. The number of benzene rings is 1. The van der Waals surface area contributed by atoms with Crippen molar-refractivity contribution in [2.75, 3.05) is 0 Å². The number of carbonyl (C=O) groups is 1. The molecule has 3 nitrogen and oxygen atoms in total. The molecule has 0 spiro atoms. The molecule has 0 fully saturated rings. The number of aromatic hydroxyl groups is 1. The van der Waals surface area contributed by atoms with Gasteiger partial charge in [-0.1, -0.05) is 0 Å². The highest BCUT2D eigenvalue weighted by Crippen LogP contribution is 2.25. The van der Waals surface area contributed by atoms with Crippen molar-refractivity contribution in [1.29, 1.82) is 0 Å². The number of phenols is 1. The Bertz CT molecular complexity index is 419. The molecular weight excluding hydrogens is 211 g/mol. The molecule has 1 aromatic rings. The highest BCUT2D eigenvalue weighted by molar-refractivity contribution is 5.93. The summed E-state index contributed by atoms with van der Waals surface area (Å²) in [4.78, 5) is 11.6. The van der Waals surface area contributed by atoms with Crippen molar-refractivity contribution >= 4 is 5.97 Å². The van der Waals surface area contributed by atoms with E-state index in [1.807, 2.05) is 0 Å². The maximum atomic E-state index is 13.1. The van der Waals surface area contributed by atoms with E-state index in [0.717, 1.165) is 12.1 Å². The van der Waals surface area contributed by atoms with Gasteiger partial charge in [0.15, 0.2) is 0 Å². The molecule has 0 aliphatic heterocycles. The lowest BCUT2D eigenvalue weighted by atomic mass is 10.1. The third-order valence-electron chi connectivity index (χ3n) is 1.88. The van der Waals surface area contributed by atoms with Crippen LogP contribution in [0.25, 0.3) is 0 Å². The van der Waals surface area contributed by atoms with Crippen molar-refractivity contribution in [3.05, 3.63) is 29.1 Å². The summed E-state index contributed by atoms with van der Waals surface area (Å²) in [6, 6.07) is 2.12. The quantitative estimate of drug-likeness (QED) is 0.749. The van der Waals surface area contributed by atoms with Gasteiger partial charge in [-0.15, -0.1) is 0 Å². The zero-order valence-corrected chi connectivity index (χ0v) is 9.80. The van der Waals surface area contributed by atoms with Gasteiger partial charge in [-0.05, 0) is 45.4 Å². The predicted molar refractivity (Wildman–Crippen MR) is 58.0 cm³/mol. The van der Waals surface area contributed by atoms with E-state index in [0.29, 0.717) is 5.56 Å². The Kier molecular flexibility index (Phi) is 3.21.